The molecule has 0 saturated heterocycles. The van der Waals surface area contributed by atoms with Crippen molar-refractivity contribution in [2.24, 2.45) is 0 Å². The van der Waals surface area contributed by atoms with Crippen molar-refractivity contribution in [3.63, 3.8) is 0 Å². The van der Waals surface area contributed by atoms with E-state index in [1.165, 1.54) is 60.7 Å². The van der Waals surface area contributed by atoms with Gasteiger partial charge in [0, 0.05) is 85.5 Å². The van der Waals surface area contributed by atoms with E-state index in [0.29, 0.717) is 111 Å². The Morgan fingerprint density at radius 2 is 0.326 bits per heavy atom. The fourth-order valence-corrected chi connectivity index (χ4v) is 15.9. The standard InChI is InChI=1S/C70H55Cl5O15S5/c71-91(81,82)61-11-1-41(2-12-61)21-46-26-51-36-53-28-47(22-42-3-13-62(14-4-42)92(72,83)84)30-55(67(53)77)38-57-32-49(24-44-7-17-64(18-8-44)94(74,87)88)34-59(69(57)79)40-60-35-50(25-45-9-19-65(20-10-45)95(75,89)90)33-58(70(60)80)39-56-31-48(23-43-5-15-63(16-6-43)93(73,85)86)29-54(68(56)78)37-52(27-46)66(51)76/h1-20,26-35,76-80H,21-25,36-40H2. The number of benzene rings is 10. The first-order valence-corrected chi connectivity index (χ1v) is 40.6. The molecule has 0 unspecified atom stereocenters. The van der Waals surface area contributed by atoms with E-state index < -0.39 is 45.3 Å². The predicted octanol–water partition coefficient (Wildman–Crippen LogP) is 14.1. The summed E-state index contributed by atoms with van der Waals surface area (Å²) in [6.07, 6.45) is 0.329. The summed E-state index contributed by atoms with van der Waals surface area (Å²) in [7, 11) is 8.08. The van der Waals surface area contributed by atoms with Crippen LogP contribution in [0.25, 0.3) is 0 Å². The quantitative estimate of drug-likeness (QED) is 0.0597. The maximum Gasteiger partial charge on any atom is 0.261 e. The molecule has 0 radical (unpaired) electrons. The smallest absolute Gasteiger partial charge is 0.261 e. The fraction of sp³-hybridized carbons (Fsp3) is 0.143. The van der Waals surface area contributed by atoms with Crippen LogP contribution >= 0.6 is 53.4 Å². The van der Waals surface area contributed by atoms with E-state index in [4.69, 9.17) is 53.4 Å². The zero-order chi connectivity index (χ0) is 68.1. The Morgan fingerprint density at radius 3 is 0.432 bits per heavy atom. The molecule has 0 atom stereocenters. The Balaban J connectivity index is 1.15. The number of phenols is 5. The molecule has 490 valence electrons. The van der Waals surface area contributed by atoms with Gasteiger partial charge in [0.05, 0.1) is 24.5 Å². The molecule has 5 N–H and O–H groups in total. The molecule has 1 aliphatic carbocycles. The van der Waals surface area contributed by atoms with E-state index in [2.05, 4.69) is 0 Å². The van der Waals surface area contributed by atoms with E-state index >= 15 is 0 Å². The van der Waals surface area contributed by atoms with Gasteiger partial charge >= 0.3 is 0 Å². The number of rotatable bonds is 15. The Kier molecular flexibility index (Phi) is 19.6. The SMILES string of the molecule is O=S(=O)(Cl)c1ccc(Cc2cc3c(O)c(c2)Cc2cc(Cc4ccc(S(=O)(=O)Cl)cc4)cc(c2O)Cc2cc(Cc4ccc(S(=O)(=O)Cl)cc4)cc(c2O)Cc2cc(Cc4ccc(S(=O)(=O)Cl)cc4)cc(c2O)Cc2cc(Cc4ccc(S(=O)(=O)Cl)cc4)cc(c2O)C3)cc1. The Hall–Kier alpha value is -7.60. The summed E-state index contributed by atoms with van der Waals surface area (Å²) in [6.45, 7) is 0. The lowest BCUT2D eigenvalue weighted by Crippen LogP contribution is -2.05. The number of halogens is 5. The lowest BCUT2D eigenvalue weighted by molar-refractivity contribution is 0.450. The van der Waals surface area contributed by atoms with Crippen LogP contribution in [0.2, 0.25) is 0 Å². The van der Waals surface area contributed by atoms with Gasteiger partial charge in [-0.1, -0.05) is 121 Å². The molecule has 11 rings (SSSR count). The highest BCUT2D eigenvalue weighted by Gasteiger charge is 2.25. The van der Waals surface area contributed by atoms with Gasteiger partial charge in [-0.15, -0.1) is 0 Å². The van der Waals surface area contributed by atoms with Crippen LogP contribution < -0.4 is 0 Å². The van der Waals surface area contributed by atoms with Crippen LogP contribution in [0.4, 0.5) is 0 Å². The van der Waals surface area contributed by atoms with Gasteiger partial charge in [0.2, 0.25) is 0 Å². The lowest BCUT2D eigenvalue weighted by atomic mass is 9.86. The highest BCUT2D eigenvalue weighted by Crippen LogP contribution is 2.42. The summed E-state index contributed by atoms with van der Waals surface area (Å²) < 4.78 is 123. The van der Waals surface area contributed by atoms with Crippen molar-refractivity contribution in [3.8, 4) is 28.7 Å². The maximum absolute atomic E-state index is 12.7. The lowest BCUT2D eigenvalue weighted by Gasteiger charge is -2.20. The van der Waals surface area contributed by atoms with Crippen molar-refractivity contribution >= 4 is 98.7 Å². The Morgan fingerprint density at radius 1 is 0.211 bits per heavy atom. The van der Waals surface area contributed by atoms with Crippen molar-refractivity contribution in [1.82, 2.24) is 0 Å². The van der Waals surface area contributed by atoms with Gasteiger partial charge in [-0.25, -0.2) is 42.1 Å². The normalized spacial score (nSPS) is 13.1. The minimum absolute atomic E-state index is 0.116. The summed E-state index contributed by atoms with van der Waals surface area (Å²) in [5.41, 5.74) is 9.56. The van der Waals surface area contributed by atoms with Crippen LogP contribution in [0, 0.1) is 0 Å². The first-order chi connectivity index (χ1) is 44.7. The zero-order valence-electron chi connectivity index (χ0n) is 49.6. The van der Waals surface area contributed by atoms with E-state index in [9.17, 15) is 67.6 Å². The molecule has 1 aliphatic rings. The number of phenolic OH excluding ortho intramolecular Hbond substituents is 5. The molecule has 0 heterocycles. The second-order valence-corrected chi connectivity index (χ2v) is 36.3. The van der Waals surface area contributed by atoms with Crippen molar-refractivity contribution in [1.29, 1.82) is 0 Å². The maximum atomic E-state index is 12.7. The monoisotopic (exact) mass is 1470 g/mol. The van der Waals surface area contributed by atoms with Crippen molar-refractivity contribution in [2.45, 2.75) is 88.7 Å². The largest absolute Gasteiger partial charge is 0.507 e. The summed E-state index contributed by atoms with van der Waals surface area (Å²) >= 11 is 0. The molecule has 0 amide bonds. The fourth-order valence-electron chi connectivity index (χ4n) is 12.1. The Bertz CT molecular complexity index is 4400. The van der Waals surface area contributed by atoms with Gasteiger partial charge in [-0.3, -0.25) is 0 Å². The third-order valence-corrected chi connectivity index (χ3v) is 23.5. The van der Waals surface area contributed by atoms with Gasteiger partial charge in [-0.05, 0) is 204 Å². The predicted molar refractivity (Wildman–Crippen MR) is 366 cm³/mol. The molecule has 10 aromatic carbocycles. The molecule has 10 bridgehead atoms. The summed E-state index contributed by atoms with van der Waals surface area (Å²) in [5.74, 6) is -1.05. The topological polar surface area (TPSA) is 272 Å². The van der Waals surface area contributed by atoms with Gasteiger partial charge in [-0.2, -0.15) is 0 Å². The zero-order valence-corrected chi connectivity index (χ0v) is 57.5. The molecular weight excluding hydrogens is 1420 g/mol. The van der Waals surface area contributed by atoms with E-state index in [1.54, 1.807) is 121 Å². The number of aromatic hydroxyl groups is 5. The third-order valence-electron chi connectivity index (χ3n) is 16.6. The second kappa shape index (κ2) is 27.1. The van der Waals surface area contributed by atoms with Crippen molar-refractivity contribution < 1.29 is 67.6 Å². The van der Waals surface area contributed by atoms with Crippen molar-refractivity contribution in [2.75, 3.05) is 0 Å². The Labute approximate surface area is 572 Å². The van der Waals surface area contributed by atoms with Crippen LogP contribution in [0.1, 0.15) is 111 Å². The van der Waals surface area contributed by atoms with E-state index in [0.717, 1.165) is 0 Å². The van der Waals surface area contributed by atoms with Crippen LogP contribution in [0.5, 0.6) is 28.7 Å². The minimum atomic E-state index is -4.08. The average Bonchev–Trinajstić information content (AvgIpc) is 0.799. The molecule has 15 nitrogen and oxygen atoms in total. The highest BCUT2D eigenvalue weighted by molar-refractivity contribution is 8.15. The van der Waals surface area contributed by atoms with E-state index in [-0.39, 0.29) is 117 Å². The van der Waals surface area contributed by atoms with Crippen molar-refractivity contribution in [3.05, 3.63) is 293 Å². The molecule has 95 heavy (non-hydrogen) atoms. The summed E-state index contributed by atoms with van der Waals surface area (Å²) in [4.78, 5) is -0.626. The third kappa shape index (κ3) is 16.6. The summed E-state index contributed by atoms with van der Waals surface area (Å²) in [5, 5.41) is 63.7. The van der Waals surface area contributed by atoms with Crippen LogP contribution in [-0.4, -0.2) is 67.6 Å². The summed E-state index contributed by atoms with van der Waals surface area (Å²) in [6, 6.07) is 47.2. The highest BCUT2D eigenvalue weighted by atomic mass is 35.7. The van der Waals surface area contributed by atoms with Gasteiger partial charge in [0.25, 0.3) is 45.3 Å². The number of fused-ring (bicyclic) bond motifs is 10. The molecule has 25 heteroatoms. The second-order valence-electron chi connectivity index (χ2n) is 23.5. The van der Waals surface area contributed by atoms with E-state index in [1.807, 2.05) is 0 Å². The van der Waals surface area contributed by atoms with Gasteiger partial charge in [0.15, 0.2) is 0 Å². The molecule has 10 aromatic rings. The minimum Gasteiger partial charge on any atom is -0.507 e. The molecule has 0 aromatic heterocycles. The number of hydrogen-bond donors (Lipinski definition) is 5. The van der Waals surface area contributed by atoms with Crippen LogP contribution in [0.15, 0.2) is 206 Å². The van der Waals surface area contributed by atoms with Crippen LogP contribution in [0.3, 0.4) is 0 Å². The first-order valence-electron chi connectivity index (χ1n) is 29.0. The number of hydrogen-bond acceptors (Lipinski definition) is 15. The molecule has 0 fully saturated rings. The van der Waals surface area contributed by atoms with Gasteiger partial charge < -0.3 is 25.5 Å². The van der Waals surface area contributed by atoms with Gasteiger partial charge in [0.1, 0.15) is 28.7 Å². The first kappa shape index (κ1) is 68.8. The molecule has 0 aliphatic heterocycles. The molecule has 0 saturated carbocycles. The average molecular weight is 1470 g/mol. The van der Waals surface area contributed by atoms with Crippen LogP contribution in [-0.2, 0) is 109 Å². The molecular formula is C70H55Cl5O15S5. The molecule has 0 spiro atoms.